The van der Waals surface area contributed by atoms with E-state index in [9.17, 15) is 0 Å². The van der Waals surface area contributed by atoms with Gasteiger partial charge < -0.3 is 4.90 Å². The fraction of sp³-hybridized carbons (Fsp3) is 0.0345. The topological polar surface area (TPSA) is 3.24 Å². The third kappa shape index (κ3) is 6.29. The Bertz CT molecular complexity index is 3260. The van der Waals surface area contributed by atoms with E-state index in [4.69, 9.17) is 0 Å². The summed E-state index contributed by atoms with van der Waals surface area (Å²) in [5.74, 6) is 0. The molecule has 278 valence electrons. The Morgan fingerprint density at radius 2 is 1.12 bits per heavy atom. The van der Waals surface area contributed by atoms with Gasteiger partial charge in [0.1, 0.15) is 0 Å². The number of allylic oxidation sites excluding steroid dienone is 1. The molecular formula is C58H41N. The summed E-state index contributed by atoms with van der Waals surface area (Å²) in [7, 11) is 0. The second-order valence-corrected chi connectivity index (χ2v) is 15.6. The molecule has 0 fully saturated rings. The Morgan fingerprint density at radius 1 is 0.424 bits per heavy atom. The fourth-order valence-electron chi connectivity index (χ4n) is 9.31. The number of aryl methyl sites for hydroxylation is 1. The zero-order valence-corrected chi connectivity index (χ0v) is 32.7. The van der Waals surface area contributed by atoms with Gasteiger partial charge in [0, 0.05) is 16.9 Å². The lowest BCUT2D eigenvalue weighted by Crippen LogP contribution is -2.11. The van der Waals surface area contributed by atoms with E-state index in [1.54, 1.807) is 0 Å². The van der Waals surface area contributed by atoms with E-state index >= 15 is 0 Å². The van der Waals surface area contributed by atoms with Crippen molar-refractivity contribution in [2.24, 2.45) is 0 Å². The molecule has 0 spiro atoms. The van der Waals surface area contributed by atoms with Crippen molar-refractivity contribution >= 4 is 78.4 Å². The first-order chi connectivity index (χ1) is 29.3. The zero-order valence-electron chi connectivity index (χ0n) is 32.7. The molecular weight excluding hydrogens is 711 g/mol. The number of anilines is 3. The lowest BCUT2D eigenvalue weighted by atomic mass is 9.87. The molecule has 1 aliphatic rings. The maximum Gasteiger partial charge on any atom is 0.0540 e. The number of hydrogen-bond acceptors (Lipinski definition) is 1. The fourth-order valence-corrected chi connectivity index (χ4v) is 9.31. The summed E-state index contributed by atoms with van der Waals surface area (Å²) in [6.07, 6.45) is 11.3. The molecule has 0 N–H and O–H groups in total. The molecule has 0 amide bonds. The number of hydrogen-bond donors (Lipinski definition) is 0. The molecule has 0 saturated carbocycles. The summed E-state index contributed by atoms with van der Waals surface area (Å²) in [6.45, 7) is 0. The monoisotopic (exact) mass is 751 g/mol. The van der Waals surface area contributed by atoms with Crippen LogP contribution in [0, 0.1) is 0 Å². The average molecular weight is 752 g/mol. The van der Waals surface area contributed by atoms with Crippen molar-refractivity contribution < 1.29 is 0 Å². The molecule has 0 atom stereocenters. The minimum Gasteiger partial charge on any atom is -0.310 e. The van der Waals surface area contributed by atoms with Gasteiger partial charge in [0.05, 0.1) is 5.69 Å². The van der Waals surface area contributed by atoms with Crippen LogP contribution in [0.1, 0.15) is 28.7 Å². The molecule has 10 aromatic rings. The molecule has 0 unspecified atom stereocenters. The standard InChI is InChI=1S/C58H41N/c1-2-15-41(16-3-1)51-23-10-11-27-56(51)59(48-36-34-43(35-37-48)55-39-47-18-5-6-22-50(47)53-25-8-9-26-54(53)55)49-21-12-14-40(38-49)28-29-44-19-13-20-45-32-33-46-31-30-42-17-4-7-24-52(42)58(46)57(44)45/h1-6,8-23,25-39H,7,24H2. The molecule has 0 radical (unpaired) electrons. The Labute approximate surface area is 345 Å². The number of fused-ring (bicyclic) bond motifs is 8. The number of nitrogens with zero attached hydrogens (tertiary/aromatic N) is 1. The lowest BCUT2D eigenvalue weighted by Gasteiger charge is -2.28. The van der Waals surface area contributed by atoms with Gasteiger partial charge in [-0.25, -0.2) is 0 Å². The van der Waals surface area contributed by atoms with Gasteiger partial charge in [0.2, 0.25) is 0 Å². The van der Waals surface area contributed by atoms with E-state index in [0.29, 0.717) is 0 Å². The van der Waals surface area contributed by atoms with E-state index in [-0.39, 0.29) is 0 Å². The molecule has 1 aliphatic carbocycles. The zero-order chi connectivity index (χ0) is 39.1. The van der Waals surface area contributed by atoms with Crippen LogP contribution in [0.25, 0.3) is 83.6 Å². The van der Waals surface area contributed by atoms with E-state index in [1.807, 2.05) is 0 Å². The largest absolute Gasteiger partial charge is 0.310 e. The maximum atomic E-state index is 2.41. The third-order valence-corrected chi connectivity index (χ3v) is 12.1. The van der Waals surface area contributed by atoms with Crippen LogP contribution in [0.3, 0.4) is 0 Å². The smallest absolute Gasteiger partial charge is 0.0540 e. The van der Waals surface area contributed by atoms with Gasteiger partial charge >= 0.3 is 0 Å². The molecule has 0 bridgehead atoms. The van der Waals surface area contributed by atoms with Crippen LogP contribution in [0.4, 0.5) is 17.1 Å². The Kier molecular flexibility index (Phi) is 8.71. The highest BCUT2D eigenvalue weighted by molar-refractivity contribution is 6.15. The van der Waals surface area contributed by atoms with Crippen LogP contribution in [0.15, 0.2) is 206 Å². The SMILES string of the molecule is C1=Cc2ccc3ccc4cccc(C=Cc5cccc(N(c6ccc(-c7cc8ccccc8c8ccccc78)cc6)c6ccccc6-c6ccccc6)c5)c4c3c2CC1. The van der Waals surface area contributed by atoms with Crippen molar-refractivity contribution in [3.05, 3.63) is 229 Å². The van der Waals surface area contributed by atoms with Crippen molar-refractivity contribution in [2.45, 2.75) is 12.8 Å². The summed E-state index contributed by atoms with van der Waals surface area (Å²) in [4.78, 5) is 2.41. The van der Waals surface area contributed by atoms with Gasteiger partial charge in [0.15, 0.2) is 0 Å². The van der Waals surface area contributed by atoms with Crippen molar-refractivity contribution in [3.8, 4) is 22.3 Å². The van der Waals surface area contributed by atoms with Crippen LogP contribution < -0.4 is 4.90 Å². The number of para-hydroxylation sites is 1. The van der Waals surface area contributed by atoms with Crippen LogP contribution in [-0.4, -0.2) is 0 Å². The van der Waals surface area contributed by atoms with Gasteiger partial charge in [-0.05, 0) is 131 Å². The first-order valence-electron chi connectivity index (χ1n) is 20.6. The van der Waals surface area contributed by atoms with E-state index in [2.05, 4.69) is 229 Å². The summed E-state index contributed by atoms with van der Waals surface area (Å²) in [5, 5.41) is 10.4. The molecule has 11 rings (SSSR count). The molecule has 1 heteroatoms. The third-order valence-electron chi connectivity index (χ3n) is 12.1. The summed E-state index contributed by atoms with van der Waals surface area (Å²) in [5.41, 5.74) is 13.3. The first-order valence-corrected chi connectivity index (χ1v) is 20.6. The van der Waals surface area contributed by atoms with Gasteiger partial charge in [0.25, 0.3) is 0 Å². The normalized spacial score (nSPS) is 12.5. The molecule has 0 aliphatic heterocycles. The number of benzene rings is 10. The van der Waals surface area contributed by atoms with Gasteiger partial charge in [-0.3, -0.25) is 0 Å². The molecule has 59 heavy (non-hydrogen) atoms. The maximum absolute atomic E-state index is 2.41. The highest BCUT2D eigenvalue weighted by Crippen LogP contribution is 2.43. The molecule has 1 nitrogen and oxygen atoms in total. The molecule has 0 heterocycles. The van der Waals surface area contributed by atoms with E-state index < -0.39 is 0 Å². The summed E-state index contributed by atoms with van der Waals surface area (Å²) < 4.78 is 0. The molecule has 0 aromatic heterocycles. The quantitative estimate of drug-likeness (QED) is 0.116. The first kappa shape index (κ1) is 34.7. The van der Waals surface area contributed by atoms with Gasteiger partial charge in [-0.15, -0.1) is 0 Å². The van der Waals surface area contributed by atoms with E-state index in [1.165, 1.54) is 82.0 Å². The predicted octanol–water partition coefficient (Wildman–Crippen LogP) is 16.2. The Hall–Kier alpha value is -7.48. The number of rotatable bonds is 7. The highest BCUT2D eigenvalue weighted by Gasteiger charge is 2.19. The van der Waals surface area contributed by atoms with Crippen LogP contribution in [0.5, 0.6) is 0 Å². The predicted molar refractivity (Wildman–Crippen MR) is 255 cm³/mol. The van der Waals surface area contributed by atoms with Crippen molar-refractivity contribution in [3.63, 3.8) is 0 Å². The second kappa shape index (κ2) is 14.8. The lowest BCUT2D eigenvalue weighted by molar-refractivity contribution is 0.998. The Morgan fingerprint density at radius 3 is 2.00 bits per heavy atom. The van der Waals surface area contributed by atoms with Crippen LogP contribution in [0.2, 0.25) is 0 Å². The minimum absolute atomic E-state index is 1.07. The van der Waals surface area contributed by atoms with Crippen molar-refractivity contribution in [1.29, 1.82) is 0 Å². The van der Waals surface area contributed by atoms with E-state index in [0.717, 1.165) is 35.5 Å². The van der Waals surface area contributed by atoms with Crippen LogP contribution in [-0.2, 0) is 6.42 Å². The van der Waals surface area contributed by atoms with Crippen LogP contribution >= 0.6 is 0 Å². The summed E-state index contributed by atoms with van der Waals surface area (Å²) in [6, 6.07) is 73.2. The van der Waals surface area contributed by atoms with Crippen molar-refractivity contribution in [1.82, 2.24) is 0 Å². The Balaban J connectivity index is 1.03. The van der Waals surface area contributed by atoms with Crippen molar-refractivity contribution in [2.75, 3.05) is 4.90 Å². The second-order valence-electron chi connectivity index (χ2n) is 15.6. The molecule has 10 aromatic carbocycles. The van der Waals surface area contributed by atoms with Gasteiger partial charge in [-0.1, -0.05) is 188 Å². The average Bonchev–Trinajstić information content (AvgIpc) is 3.31. The minimum atomic E-state index is 1.07. The molecule has 0 saturated heterocycles. The summed E-state index contributed by atoms with van der Waals surface area (Å²) >= 11 is 0. The van der Waals surface area contributed by atoms with Gasteiger partial charge in [-0.2, -0.15) is 0 Å². The highest BCUT2D eigenvalue weighted by atomic mass is 15.1.